The third kappa shape index (κ3) is 1.56. The van der Waals surface area contributed by atoms with Crippen LogP contribution in [0.3, 0.4) is 0 Å². The molecule has 1 fully saturated rings. The second-order valence-corrected chi connectivity index (χ2v) is 4.10. The molecule has 6 heteroatoms. The van der Waals surface area contributed by atoms with Crippen LogP contribution < -0.4 is 5.73 Å². The predicted octanol–water partition coefficient (Wildman–Crippen LogP) is -0.103. The van der Waals surface area contributed by atoms with Gasteiger partial charge in [0.25, 0.3) is 0 Å². The van der Waals surface area contributed by atoms with Crippen LogP contribution in [0.5, 0.6) is 0 Å². The van der Waals surface area contributed by atoms with E-state index in [0.29, 0.717) is 17.8 Å². The highest BCUT2D eigenvalue weighted by Crippen LogP contribution is 2.22. The van der Waals surface area contributed by atoms with Crippen LogP contribution in [-0.2, 0) is 23.2 Å². The van der Waals surface area contributed by atoms with Crippen molar-refractivity contribution in [2.45, 2.75) is 19.9 Å². The number of carbonyl (C=O) groups excluding carboxylic acids is 2. The maximum atomic E-state index is 11.7. The normalized spacial score (nSPS) is 20.9. The van der Waals surface area contributed by atoms with Gasteiger partial charge in [0.2, 0.25) is 11.8 Å². The Labute approximate surface area is 93.0 Å². The molecule has 0 aromatic carbocycles. The third-order valence-electron chi connectivity index (χ3n) is 2.86. The van der Waals surface area contributed by atoms with E-state index in [-0.39, 0.29) is 24.3 Å². The first-order chi connectivity index (χ1) is 7.50. The van der Waals surface area contributed by atoms with Crippen molar-refractivity contribution in [2.75, 3.05) is 5.73 Å². The van der Waals surface area contributed by atoms with Crippen LogP contribution >= 0.6 is 0 Å². The molecule has 1 aromatic rings. The highest BCUT2D eigenvalue weighted by Gasteiger charge is 2.35. The number of nitrogens with two attached hydrogens (primary N) is 1. The Morgan fingerprint density at radius 3 is 2.69 bits per heavy atom. The summed E-state index contributed by atoms with van der Waals surface area (Å²) < 4.78 is 1.52. The maximum absolute atomic E-state index is 11.7. The second kappa shape index (κ2) is 3.62. The van der Waals surface area contributed by atoms with Crippen molar-refractivity contribution < 1.29 is 9.59 Å². The van der Waals surface area contributed by atoms with Gasteiger partial charge in [0.15, 0.2) is 0 Å². The number of amides is 2. The summed E-state index contributed by atoms with van der Waals surface area (Å²) >= 11 is 0. The highest BCUT2D eigenvalue weighted by molar-refractivity contribution is 6.03. The highest BCUT2D eigenvalue weighted by atomic mass is 16.2. The largest absolute Gasteiger partial charge is 0.384 e. The molecule has 1 unspecified atom stereocenters. The number of aryl methyl sites for hydroxylation is 1. The summed E-state index contributed by atoms with van der Waals surface area (Å²) in [5, 5.41) is 3.97. The average molecular weight is 222 g/mol. The molecule has 2 N–H and O–H groups in total. The molecule has 1 aliphatic heterocycles. The number of likely N-dealkylation sites (tertiary alicyclic amines) is 1. The lowest BCUT2D eigenvalue weighted by Gasteiger charge is -2.13. The molecule has 1 aliphatic rings. The number of imide groups is 1. The molecule has 0 saturated carbocycles. The lowest BCUT2D eigenvalue weighted by atomic mass is 10.1. The van der Waals surface area contributed by atoms with Crippen molar-refractivity contribution in [3.63, 3.8) is 0 Å². The first kappa shape index (κ1) is 10.7. The molecule has 0 spiro atoms. The summed E-state index contributed by atoms with van der Waals surface area (Å²) in [6.45, 7) is 1.98. The van der Waals surface area contributed by atoms with E-state index in [9.17, 15) is 9.59 Å². The second-order valence-electron chi connectivity index (χ2n) is 4.10. The van der Waals surface area contributed by atoms with Crippen LogP contribution in [0.2, 0.25) is 0 Å². The van der Waals surface area contributed by atoms with Crippen molar-refractivity contribution in [1.82, 2.24) is 14.7 Å². The van der Waals surface area contributed by atoms with Gasteiger partial charge >= 0.3 is 0 Å². The van der Waals surface area contributed by atoms with E-state index in [2.05, 4.69) is 5.10 Å². The summed E-state index contributed by atoms with van der Waals surface area (Å²) in [4.78, 5) is 24.5. The van der Waals surface area contributed by atoms with E-state index in [1.807, 2.05) is 0 Å². The molecule has 0 aliphatic carbocycles. The van der Waals surface area contributed by atoms with E-state index in [1.165, 1.54) is 9.58 Å². The molecule has 1 saturated heterocycles. The van der Waals surface area contributed by atoms with Gasteiger partial charge in [0.05, 0.1) is 12.7 Å². The molecule has 2 rings (SSSR count). The summed E-state index contributed by atoms with van der Waals surface area (Å²) in [7, 11) is 1.72. The summed E-state index contributed by atoms with van der Waals surface area (Å²) in [6.07, 6.45) is 1.87. The molecule has 1 aromatic heterocycles. The number of aromatic nitrogens is 2. The van der Waals surface area contributed by atoms with E-state index < -0.39 is 0 Å². The standard InChI is InChI=1S/C10H14N4O2/c1-6-3-8(15)14(10(6)16)5-7-4-12-13(2)9(7)11/h4,6H,3,5,11H2,1-2H3. The van der Waals surface area contributed by atoms with Gasteiger partial charge in [-0.25, -0.2) is 0 Å². The monoisotopic (exact) mass is 222 g/mol. The Morgan fingerprint density at radius 1 is 1.56 bits per heavy atom. The molecule has 0 radical (unpaired) electrons. The van der Waals surface area contributed by atoms with Crippen LogP contribution in [0.25, 0.3) is 0 Å². The van der Waals surface area contributed by atoms with Crippen molar-refractivity contribution >= 4 is 17.6 Å². The number of rotatable bonds is 2. The fraction of sp³-hybridized carbons (Fsp3) is 0.500. The zero-order valence-electron chi connectivity index (χ0n) is 9.30. The van der Waals surface area contributed by atoms with Gasteiger partial charge in [0, 0.05) is 24.9 Å². The smallest absolute Gasteiger partial charge is 0.232 e. The predicted molar refractivity (Wildman–Crippen MR) is 57.0 cm³/mol. The van der Waals surface area contributed by atoms with Crippen LogP contribution in [-0.4, -0.2) is 26.5 Å². The van der Waals surface area contributed by atoms with Crippen LogP contribution in [0.15, 0.2) is 6.20 Å². The molecule has 2 heterocycles. The molecule has 16 heavy (non-hydrogen) atoms. The molecule has 0 bridgehead atoms. The topological polar surface area (TPSA) is 81.2 Å². The van der Waals surface area contributed by atoms with Crippen molar-refractivity contribution in [1.29, 1.82) is 0 Å². The Kier molecular flexibility index (Phi) is 2.41. The lowest BCUT2D eigenvalue weighted by Crippen LogP contribution is -2.29. The van der Waals surface area contributed by atoms with Gasteiger partial charge in [-0.3, -0.25) is 19.2 Å². The number of anilines is 1. The van der Waals surface area contributed by atoms with E-state index >= 15 is 0 Å². The first-order valence-electron chi connectivity index (χ1n) is 5.11. The number of carbonyl (C=O) groups is 2. The number of nitrogen functional groups attached to an aromatic ring is 1. The summed E-state index contributed by atoms with van der Waals surface area (Å²) in [6, 6.07) is 0. The molecular formula is C10H14N4O2. The van der Waals surface area contributed by atoms with Gasteiger partial charge in [-0.2, -0.15) is 5.10 Å². The van der Waals surface area contributed by atoms with E-state index in [1.54, 1.807) is 20.2 Å². The van der Waals surface area contributed by atoms with Crippen molar-refractivity contribution in [2.24, 2.45) is 13.0 Å². The number of hydrogen-bond acceptors (Lipinski definition) is 4. The van der Waals surface area contributed by atoms with Gasteiger partial charge in [-0.1, -0.05) is 6.92 Å². The van der Waals surface area contributed by atoms with Gasteiger partial charge in [-0.05, 0) is 0 Å². The lowest BCUT2D eigenvalue weighted by molar-refractivity contribution is -0.139. The molecule has 6 nitrogen and oxygen atoms in total. The number of nitrogens with zero attached hydrogens (tertiary/aromatic N) is 3. The van der Waals surface area contributed by atoms with Crippen LogP contribution in [0, 0.1) is 5.92 Å². The van der Waals surface area contributed by atoms with Crippen molar-refractivity contribution in [3.8, 4) is 0 Å². The van der Waals surface area contributed by atoms with E-state index in [0.717, 1.165) is 0 Å². The zero-order chi connectivity index (χ0) is 11.9. The Bertz CT molecular complexity index is 452. The average Bonchev–Trinajstić information content (AvgIpc) is 2.66. The molecule has 1 atom stereocenters. The minimum absolute atomic E-state index is 0.131. The summed E-state index contributed by atoms with van der Waals surface area (Å²) in [5.74, 6) is -0.000412. The van der Waals surface area contributed by atoms with E-state index in [4.69, 9.17) is 5.73 Å². The third-order valence-corrected chi connectivity index (χ3v) is 2.86. The molecule has 2 amide bonds. The fourth-order valence-electron chi connectivity index (χ4n) is 1.80. The Morgan fingerprint density at radius 2 is 2.25 bits per heavy atom. The number of hydrogen-bond donors (Lipinski definition) is 1. The molecule has 86 valence electrons. The van der Waals surface area contributed by atoms with Gasteiger partial charge < -0.3 is 5.73 Å². The van der Waals surface area contributed by atoms with Crippen molar-refractivity contribution in [3.05, 3.63) is 11.8 Å². The Hall–Kier alpha value is -1.85. The zero-order valence-corrected chi connectivity index (χ0v) is 9.30. The summed E-state index contributed by atoms with van der Waals surface area (Å²) in [5.41, 5.74) is 6.46. The minimum Gasteiger partial charge on any atom is -0.384 e. The SMILES string of the molecule is CC1CC(=O)N(Cc2cnn(C)c2N)C1=O. The first-order valence-corrected chi connectivity index (χ1v) is 5.11. The van der Waals surface area contributed by atoms with Crippen LogP contribution in [0.1, 0.15) is 18.9 Å². The van der Waals surface area contributed by atoms with Crippen LogP contribution in [0.4, 0.5) is 5.82 Å². The Balaban J connectivity index is 2.19. The quantitative estimate of drug-likeness (QED) is 0.708. The van der Waals surface area contributed by atoms with Gasteiger partial charge in [-0.15, -0.1) is 0 Å². The maximum Gasteiger partial charge on any atom is 0.232 e. The minimum atomic E-state index is -0.217. The molecular weight excluding hydrogens is 208 g/mol. The fourth-order valence-corrected chi connectivity index (χ4v) is 1.80. The van der Waals surface area contributed by atoms with Gasteiger partial charge in [0.1, 0.15) is 5.82 Å².